The fourth-order valence-electron chi connectivity index (χ4n) is 2.09. The monoisotopic (exact) mass is 244 g/mol. The van der Waals surface area contributed by atoms with Crippen LogP contribution in [0.15, 0.2) is 42.5 Å². The van der Waals surface area contributed by atoms with Crippen molar-refractivity contribution in [3.8, 4) is 0 Å². The highest BCUT2D eigenvalue weighted by molar-refractivity contribution is 5.85. The minimum Gasteiger partial charge on any atom is -0.390 e. The molecule has 0 saturated carbocycles. The van der Waals surface area contributed by atoms with Crippen molar-refractivity contribution in [2.24, 2.45) is 5.73 Å². The largest absolute Gasteiger partial charge is 0.390 e. The van der Waals surface area contributed by atoms with Crippen molar-refractivity contribution in [1.29, 1.82) is 0 Å². The quantitative estimate of drug-likeness (QED) is 0.671. The predicted molar refractivity (Wildman–Crippen MR) is 75.6 cm³/mol. The van der Waals surface area contributed by atoms with Gasteiger partial charge in [-0.05, 0) is 29.3 Å². The third-order valence-electron chi connectivity index (χ3n) is 3.10. The first kappa shape index (κ1) is 13.0. The van der Waals surface area contributed by atoms with E-state index < -0.39 is 6.10 Å². The predicted octanol–water partition coefficient (Wildman–Crippen LogP) is 1.29. The lowest BCUT2D eigenvalue weighted by molar-refractivity contribution is 0.180. The zero-order valence-electron chi connectivity index (χ0n) is 10.5. The maximum Gasteiger partial charge on any atom is 0.0786 e. The molecule has 2 aromatic rings. The van der Waals surface area contributed by atoms with E-state index in [9.17, 15) is 5.11 Å². The van der Waals surface area contributed by atoms with Gasteiger partial charge < -0.3 is 16.2 Å². The number of nitrogens with two attached hydrogens (primary N) is 1. The number of hydrogen-bond donors (Lipinski definition) is 3. The zero-order valence-corrected chi connectivity index (χ0v) is 10.5. The number of fused-ring (bicyclic) bond motifs is 1. The SMILES string of the molecule is NCC(O)CNCCc1cccc2ccccc12. The molecule has 1 unspecified atom stereocenters. The lowest BCUT2D eigenvalue weighted by Crippen LogP contribution is -2.33. The van der Waals surface area contributed by atoms with Crippen LogP contribution in [0.2, 0.25) is 0 Å². The molecule has 0 aromatic heterocycles. The van der Waals surface area contributed by atoms with E-state index in [1.54, 1.807) is 0 Å². The van der Waals surface area contributed by atoms with Crippen LogP contribution in [0.25, 0.3) is 10.8 Å². The summed E-state index contributed by atoms with van der Waals surface area (Å²) in [6.07, 6.45) is 0.510. The highest BCUT2D eigenvalue weighted by Gasteiger charge is 2.02. The summed E-state index contributed by atoms with van der Waals surface area (Å²) in [7, 11) is 0. The van der Waals surface area contributed by atoms with Crippen molar-refractivity contribution < 1.29 is 5.11 Å². The van der Waals surface area contributed by atoms with Crippen molar-refractivity contribution in [2.45, 2.75) is 12.5 Å². The number of rotatable bonds is 6. The van der Waals surface area contributed by atoms with E-state index in [1.165, 1.54) is 16.3 Å². The Morgan fingerprint density at radius 3 is 2.72 bits per heavy atom. The number of hydrogen-bond acceptors (Lipinski definition) is 3. The summed E-state index contributed by atoms with van der Waals surface area (Å²) in [5.41, 5.74) is 6.69. The van der Waals surface area contributed by atoms with E-state index in [0.29, 0.717) is 13.1 Å². The molecule has 3 heteroatoms. The first-order valence-electron chi connectivity index (χ1n) is 6.36. The summed E-state index contributed by atoms with van der Waals surface area (Å²) < 4.78 is 0. The lowest BCUT2D eigenvalue weighted by Gasteiger charge is -2.10. The fraction of sp³-hybridized carbons (Fsp3) is 0.333. The van der Waals surface area contributed by atoms with Gasteiger partial charge in [-0.15, -0.1) is 0 Å². The Balaban J connectivity index is 1.95. The summed E-state index contributed by atoms with van der Waals surface area (Å²) in [4.78, 5) is 0. The van der Waals surface area contributed by atoms with E-state index in [-0.39, 0.29) is 0 Å². The molecule has 4 N–H and O–H groups in total. The van der Waals surface area contributed by atoms with Crippen LogP contribution in [0.1, 0.15) is 5.56 Å². The standard InChI is InChI=1S/C15H20N2O/c16-10-14(18)11-17-9-8-13-6-3-5-12-4-1-2-7-15(12)13/h1-7,14,17-18H,8-11,16H2. The van der Waals surface area contributed by atoms with Gasteiger partial charge in [0.25, 0.3) is 0 Å². The number of benzene rings is 2. The fourth-order valence-corrected chi connectivity index (χ4v) is 2.09. The Bertz CT molecular complexity index is 493. The summed E-state index contributed by atoms with van der Waals surface area (Å²) >= 11 is 0. The first-order chi connectivity index (χ1) is 8.81. The third-order valence-corrected chi connectivity index (χ3v) is 3.10. The molecule has 0 saturated heterocycles. The summed E-state index contributed by atoms with van der Waals surface area (Å²) in [5.74, 6) is 0. The molecule has 0 aliphatic heterocycles. The smallest absolute Gasteiger partial charge is 0.0786 e. The second kappa shape index (κ2) is 6.50. The van der Waals surface area contributed by atoms with Crippen LogP contribution in [0, 0.1) is 0 Å². The van der Waals surface area contributed by atoms with E-state index in [4.69, 9.17) is 5.73 Å². The van der Waals surface area contributed by atoms with Crippen LogP contribution < -0.4 is 11.1 Å². The molecule has 1 atom stereocenters. The van der Waals surface area contributed by atoms with Crippen molar-refractivity contribution in [3.05, 3.63) is 48.0 Å². The summed E-state index contributed by atoms with van der Waals surface area (Å²) in [5, 5.41) is 15.1. The first-order valence-corrected chi connectivity index (χ1v) is 6.36. The van der Waals surface area contributed by atoms with Gasteiger partial charge in [0, 0.05) is 13.1 Å². The lowest BCUT2D eigenvalue weighted by atomic mass is 10.0. The van der Waals surface area contributed by atoms with Gasteiger partial charge in [0.1, 0.15) is 0 Å². The molecule has 0 amide bonds. The van der Waals surface area contributed by atoms with Gasteiger partial charge in [0.15, 0.2) is 0 Å². The maximum absolute atomic E-state index is 9.34. The van der Waals surface area contributed by atoms with Gasteiger partial charge in [0.2, 0.25) is 0 Å². The average molecular weight is 244 g/mol. The van der Waals surface area contributed by atoms with E-state index in [1.807, 2.05) is 0 Å². The molecule has 0 radical (unpaired) electrons. The van der Waals surface area contributed by atoms with Crippen molar-refractivity contribution in [2.75, 3.05) is 19.6 Å². The topological polar surface area (TPSA) is 58.3 Å². The number of aliphatic hydroxyl groups is 1. The van der Waals surface area contributed by atoms with Gasteiger partial charge in [-0.25, -0.2) is 0 Å². The van der Waals surface area contributed by atoms with Gasteiger partial charge >= 0.3 is 0 Å². The minimum absolute atomic E-state index is 0.307. The molecule has 0 fully saturated rings. The van der Waals surface area contributed by atoms with Crippen LogP contribution in [0.4, 0.5) is 0 Å². The number of nitrogens with one attached hydrogen (secondary N) is 1. The van der Waals surface area contributed by atoms with Crippen LogP contribution >= 0.6 is 0 Å². The molecule has 0 aliphatic carbocycles. The Hall–Kier alpha value is -1.42. The number of aliphatic hydroxyl groups excluding tert-OH is 1. The molecule has 96 valence electrons. The summed E-state index contributed by atoms with van der Waals surface area (Å²) in [6.45, 7) is 1.72. The van der Waals surface area contributed by atoms with Crippen molar-refractivity contribution in [3.63, 3.8) is 0 Å². The molecule has 0 spiro atoms. The Labute approximate surface area is 108 Å². The third kappa shape index (κ3) is 3.29. The van der Waals surface area contributed by atoms with Crippen LogP contribution in [0.5, 0.6) is 0 Å². The normalized spacial score (nSPS) is 12.8. The van der Waals surface area contributed by atoms with Gasteiger partial charge in [-0.2, -0.15) is 0 Å². The molecule has 0 aliphatic rings. The Morgan fingerprint density at radius 2 is 1.89 bits per heavy atom. The second-order valence-corrected chi connectivity index (χ2v) is 4.48. The van der Waals surface area contributed by atoms with Gasteiger partial charge in [-0.3, -0.25) is 0 Å². The minimum atomic E-state index is -0.447. The summed E-state index contributed by atoms with van der Waals surface area (Å²) in [6, 6.07) is 14.8. The zero-order chi connectivity index (χ0) is 12.8. The molecular weight excluding hydrogens is 224 g/mol. The van der Waals surface area contributed by atoms with Gasteiger partial charge in [0.05, 0.1) is 6.10 Å². The Morgan fingerprint density at radius 1 is 1.11 bits per heavy atom. The molecule has 0 heterocycles. The van der Waals surface area contributed by atoms with E-state index >= 15 is 0 Å². The molecule has 0 bridgehead atoms. The average Bonchev–Trinajstić information content (AvgIpc) is 2.43. The molecule has 2 aromatic carbocycles. The Kier molecular flexibility index (Phi) is 4.70. The molecular formula is C15H20N2O. The maximum atomic E-state index is 9.34. The molecule has 3 nitrogen and oxygen atoms in total. The van der Waals surface area contributed by atoms with E-state index in [0.717, 1.165) is 13.0 Å². The highest BCUT2D eigenvalue weighted by Crippen LogP contribution is 2.18. The van der Waals surface area contributed by atoms with Crippen LogP contribution in [-0.2, 0) is 6.42 Å². The molecule has 2 rings (SSSR count). The highest BCUT2D eigenvalue weighted by atomic mass is 16.3. The molecule has 18 heavy (non-hydrogen) atoms. The van der Waals surface area contributed by atoms with Crippen molar-refractivity contribution in [1.82, 2.24) is 5.32 Å². The van der Waals surface area contributed by atoms with Gasteiger partial charge in [-0.1, -0.05) is 42.5 Å². The van der Waals surface area contributed by atoms with Crippen LogP contribution in [-0.4, -0.2) is 30.8 Å². The van der Waals surface area contributed by atoms with E-state index in [2.05, 4.69) is 47.8 Å². The van der Waals surface area contributed by atoms with Crippen LogP contribution in [0.3, 0.4) is 0 Å². The van der Waals surface area contributed by atoms with Crippen molar-refractivity contribution >= 4 is 10.8 Å². The second-order valence-electron chi connectivity index (χ2n) is 4.48.